The number of likely N-dealkylation sites (tertiary alicyclic amines) is 1. The van der Waals surface area contributed by atoms with Crippen molar-refractivity contribution in [3.05, 3.63) is 65.2 Å². The number of hydrogen-bond acceptors (Lipinski definition) is 3. The number of anilines is 1. The van der Waals surface area contributed by atoms with Crippen LogP contribution in [-0.4, -0.2) is 42.4 Å². The molecule has 1 aliphatic heterocycles. The van der Waals surface area contributed by atoms with Crippen molar-refractivity contribution in [1.29, 1.82) is 0 Å². The average Bonchev–Trinajstić information content (AvgIpc) is 2.73. The fourth-order valence-corrected chi connectivity index (χ4v) is 3.89. The molecule has 0 aromatic heterocycles. The maximum Gasteiger partial charge on any atom is 0.239 e. The van der Waals surface area contributed by atoms with E-state index in [-0.39, 0.29) is 30.4 Å². The largest absolute Gasteiger partial charge is 0.355 e. The summed E-state index contributed by atoms with van der Waals surface area (Å²) in [5, 5.41) is 3.85. The van der Waals surface area contributed by atoms with Crippen LogP contribution in [0.25, 0.3) is 0 Å². The summed E-state index contributed by atoms with van der Waals surface area (Å²) in [6.45, 7) is 5.35. The van der Waals surface area contributed by atoms with Crippen molar-refractivity contribution in [2.24, 2.45) is 0 Å². The third kappa shape index (κ3) is 5.73. The lowest BCUT2D eigenvalue weighted by atomic mass is 10.0. The SMILES string of the molecule is CC(=O)N1CCC(NC(=O)CN(c2ccccc2)[C@H](C)c2ccc(Cl)cc2)CC1. The number of hydrogen-bond donors (Lipinski definition) is 1. The number of rotatable bonds is 6. The average molecular weight is 414 g/mol. The fraction of sp³-hybridized carbons (Fsp3) is 0.391. The Kier molecular flexibility index (Phi) is 7.15. The number of nitrogens with one attached hydrogen (secondary N) is 1. The Hall–Kier alpha value is -2.53. The minimum absolute atomic E-state index is 0.00376. The van der Waals surface area contributed by atoms with Crippen molar-refractivity contribution in [3.8, 4) is 0 Å². The van der Waals surface area contributed by atoms with Gasteiger partial charge in [0.05, 0.1) is 12.6 Å². The van der Waals surface area contributed by atoms with Gasteiger partial charge in [0.25, 0.3) is 0 Å². The molecule has 0 radical (unpaired) electrons. The number of carbonyl (C=O) groups is 2. The Morgan fingerprint density at radius 1 is 1.10 bits per heavy atom. The highest BCUT2D eigenvalue weighted by Gasteiger charge is 2.24. The Labute approximate surface area is 177 Å². The topological polar surface area (TPSA) is 52.7 Å². The second-order valence-corrected chi connectivity index (χ2v) is 7.98. The molecule has 0 unspecified atom stereocenters. The van der Waals surface area contributed by atoms with Gasteiger partial charge in [-0.1, -0.05) is 41.9 Å². The van der Waals surface area contributed by atoms with Crippen LogP contribution in [0.3, 0.4) is 0 Å². The van der Waals surface area contributed by atoms with Gasteiger partial charge in [-0.3, -0.25) is 9.59 Å². The van der Waals surface area contributed by atoms with Crippen LogP contribution in [0.5, 0.6) is 0 Å². The molecule has 0 bridgehead atoms. The van der Waals surface area contributed by atoms with Crippen LogP contribution in [0, 0.1) is 0 Å². The van der Waals surface area contributed by atoms with Crippen molar-refractivity contribution < 1.29 is 9.59 Å². The van der Waals surface area contributed by atoms with Crippen LogP contribution in [-0.2, 0) is 9.59 Å². The first-order chi connectivity index (χ1) is 13.9. The van der Waals surface area contributed by atoms with E-state index in [9.17, 15) is 9.59 Å². The zero-order chi connectivity index (χ0) is 20.8. The Bertz CT molecular complexity index is 818. The summed E-state index contributed by atoms with van der Waals surface area (Å²) in [7, 11) is 0. The van der Waals surface area contributed by atoms with Gasteiger partial charge < -0.3 is 15.1 Å². The molecular formula is C23H28ClN3O2. The van der Waals surface area contributed by atoms with Crippen molar-refractivity contribution >= 4 is 29.1 Å². The van der Waals surface area contributed by atoms with Crippen LogP contribution in [0.4, 0.5) is 5.69 Å². The lowest BCUT2D eigenvalue weighted by molar-refractivity contribution is -0.130. The molecule has 1 atom stereocenters. The third-order valence-corrected chi connectivity index (χ3v) is 5.78. The van der Waals surface area contributed by atoms with Gasteiger partial charge in [-0.05, 0) is 49.6 Å². The van der Waals surface area contributed by atoms with Crippen molar-refractivity contribution in [2.45, 2.75) is 38.8 Å². The van der Waals surface area contributed by atoms with Crippen LogP contribution < -0.4 is 10.2 Å². The zero-order valence-electron chi connectivity index (χ0n) is 17.0. The predicted octanol–water partition coefficient (Wildman–Crippen LogP) is 4.03. The molecular weight excluding hydrogens is 386 g/mol. The number of carbonyl (C=O) groups excluding carboxylic acids is 2. The molecule has 1 aliphatic rings. The summed E-state index contributed by atoms with van der Waals surface area (Å²) in [6, 6.07) is 17.8. The second-order valence-electron chi connectivity index (χ2n) is 7.54. The van der Waals surface area contributed by atoms with E-state index in [2.05, 4.69) is 17.1 Å². The van der Waals surface area contributed by atoms with Gasteiger partial charge in [0.15, 0.2) is 0 Å². The monoisotopic (exact) mass is 413 g/mol. The summed E-state index contributed by atoms with van der Waals surface area (Å²) in [4.78, 5) is 28.3. The molecule has 154 valence electrons. The molecule has 2 aromatic rings. The summed E-state index contributed by atoms with van der Waals surface area (Å²) in [5.41, 5.74) is 2.09. The lowest BCUT2D eigenvalue weighted by Crippen LogP contribution is -2.48. The third-order valence-electron chi connectivity index (χ3n) is 5.53. The van der Waals surface area contributed by atoms with E-state index in [1.54, 1.807) is 6.92 Å². The molecule has 1 saturated heterocycles. The smallest absolute Gasteiger partial charge is 0.239 e. The number of piperidine rings is 1. The highest BCUT2D eigenvalue weighted by atomic mass is 35.5. The first-order valence-corrected chi connectivity index (χ1v) is 10.4. The molecule has 1 fully saturated rings. The molecule has 0 saturated carbocycles. The maximum atomic E-state index is 12.8. The van der Waals surface area contributed by atoms with E-state index in [0.717, 1.165) is 24.1 Å². The first-order valence-electron chi connectivity index (χ1n) is 10.1. The first kappa shape index (κ1) is 21.2. The summed E-state index contributed by atoms with van der Waals surface area (Å²) >= 11 is 6.03. The number of amides is 2. The maximum absolute atomic E-state index is 12.8. The lowest BCUT2D eigenvalue weighted by Gasteiger charge is -2.34. The number of benzene rings is 2. The van der Waals surface area contributed by atoms with E-state index in [4.69, 9.17) is 11.6 Å². The zero-order valence-corrected chi connectivity index (χ0v) is 17.7. The highest BCUT2D eigenvalue weighted by molar-refractivity contribution is 6.30. The quantitative estimate of drug-likeness (QED) is 0.777. The van der Waals surface area contributed by atoms with Crippen LogP contribution in [0.1, 0.15) is 38.3 Å². The van der Waals surface area contributed by atoms with E-state index >= 15 is 0 Å². The molecule has 2 amide bonds. The fourth-order valence-electron chi connectivity index (χ4n) is 3.76. The van der Waals surface area contributed by atoms with Crippen LogP contribution in [0.2, 0.25) is 5.02 Å². The van der Waals surface area contributed by atoms with Crippen molar-refractivity contribution in [2.75, 3.05) is 24.5 Å². The molecule has 5 nitrogen and oxygen atoms in total. The van der Waals surface area contributed by atoms with Crippen molar-refractivity contribution in [3.63, 3.8) is 0 Å². The standard InChI is InChI=1S/C23H28ClN3O2/c1-17(19-8-10-20(24)11-9-19)27(22-6-4-3-5-7-22)16-23(29)25-21-12-14-26(15-13-21)18(2)28/h3-11,17,21H,12-16H2,1-2H3,(H,25,29)/t17-/m1/s1. The van der Waals surface area contributed by atoms with E-state index in [1.807, 2.05) is 59.5 Å². The second kappa shape index (κ2) is 9.79. The van der Waals surface area contributed by atoms with E-state index in [1.165, 1.54) is 0 Å². The van der Waals surface area contributed by atoms with Gasteiger partial charge in [0, 0.05) is 36.8 Å². The summed E-state index contributed by atoms with van der Waals surface area (Å²) in [5.74, 6) is 0.0951. The molecule has 1 N–H and O–H groups in total. The number of nitrogens with zero attached hydrogens (tertiary/aromatic N) is 2. The van der Waals surface area contributed by atoms with Gasteiger partial charge in [-0.15, -0.1) is 0 Å². The minimum Gasteiger partial charge on any atom is -0.355 e. The van der Waals surface area contributed by atoms with Crippen molar-refractivity contribution in [1.82, 2.24) is 10.2 Å². The van der Waals surface area contributed by atoms with Gasteiger partial charge in [0.1, 0.15) is 0 Å². The summed E-state index contributed by atoms with van der Waals surface area (Å²) in [6.07, 6.45) is 1.59. The Balaban J connectivity index is 1.68. The molecule has 29 heavy (non-hydrogen) atoms. The Morgan fingerprint density at radius 2 is 1.72 bits per heavy atom. The number of para-hydroxylation sites is 1. The van der Waals surface area contributed by atoms with E-state index in [0.29, 0.717) is 18.1 Å². The van der Waals surface area contributed by atoms with Crippen LogP contribution >= 0.6 is 11.6 Å². The highest BCUT2D eigenvalue weighted by Crippen LogP contribution is 2.27. The van der Waals surface area contributed by atoms with Gasteiger partial charge in [0.2, 0.25) is 11.8 Å². The molecule has 2 aromatic carbocycles. The predicted molar refractivity (Wildman–Crippen MR) is 117 cm³/mol. The molecule has 6 heteroatoms. The Morgan fingerprint density at radius 3 is 2.31 bits per heavy atom. The van der Waals surface area contributed by atoms with E-state index < -0.39 is 0 Å². The van der Waals surface area contributed by atoms with Gasteiger partial charge in [-0.2, -0.15) is 0 Å². The molecule has 0 spiro atoms. The molecule has 1 heterocycles. The van der Waals surface area contributed by atoms with Crippen LogP contribution in [0.15, 0.2) is 54.6 Å². The minimum atomic E-state index is -0.00376. The molecule has 3 rings (SSSR count). The summed E-state index contributed by atoms with van der Waals surface area (Å²) < 4.78 is 0. The number of halogens is 1. The normalized spacial score (nSPS) is 15.6. The molecule has 0 aliphatic carbocycles. The van der Waals surface area contributed by atoms with Gasteiger partial charge in [-0.25, -0.2) is 0 Å². The van der Waals surface area contributed by atoms with Gasteiger partial charge >= 0.3 is 0 Å².